The number of rotatable bonds is 22. The van der Waals surface area contributed by atoms with Crippen LogP contribution in [0.15, 0.2) is 60.7 Å². The van der Waals surface area contributed by atoms with Crippen molar-refractivity contribution in [3.8, 4) is 0 Å². The second-order valence-electron chi connectivity index (χ2n) is 31.2. The lowest BCUT2D eigenvalue weighted by atomic mass is 9.97. The molecule has 0 bridgehead atoms. The van der Waals surface area contributed by atoms with Gasteiger partial charge in [0.15, 0.2) is 0 Å². The van der Waals surface area contributed by atoms with E-state index in [0.717, 1.165) is 21.1 Å². The number of ether oxygens (including phenoxy) is 2. The van der Waals surface area contributed by atoms with E-state index < -0.39 is 187 Å². The topological polar surface area (TPSA) is 347 Å². The van der Waals surface area contributed by atoms with Crippen molar-refractivity contribution in [3.05, 3.63) is 71.8 Å². The SMILES string of the molecule is CCCCN1CC(=O)N(C)[C@@H](C(C)C)C(=O)N[C@@H](COC(C)(C)C)C(=O)N(C)[C@@H](Cc2ccccc2)C(=O)N(C)[C@@H](CC(C)C)C(=O)N[C@H](C(=O)N2CCCCC2)CC(=O)N[C@H](C(C)C)C(=O)N(C)[C@@H](Cc2ccccc2)C(=O)N[C@@H](COCC[C@@H](C)O)C(=O)N(C)[C@@H](CC(C)C)C(=O)N[C@@H]([C@@H](C)O)C1=O. The van der Waals surface area contributed by atoms with Gasteiger partial charge in [-0.05, 0) is 114 Å². The molecule has 12 amide bonds. The normalized spacial score (nSPS) is 24.7. The van der Waals surface area contributed by atoms with E-state index in [-0.39, 0.29) is 57.1 Å². The van der Waals surface area contributed by atoms with E-state index in [1.54, 1.807) is 135 Å². The van der Waals surface area contributed by atoms with Crippen molar-refractivity contribution in [1.29, 1.82) is 0 Å². The van der Waals surface area contributed by atoms with E-state index in [1.807, 2.05) is 20.8 Å². The number of carbonyl (C=O) groups excluding carboxylic acids is 12. The van der Waals surface area contributed by atoms with Crippen molar-refractivity contribution in [1.82, 2.24) is 60.9 Å². The van der Waals surface area contributed by atoms with Crippen LogP contribution in [0.5, 0.6) is 0 Å². The van der Waals surface area contributed by atoms with Crippen LogP contribution < -0.4 is 26.6 Å². The number of benzene rings is 2. The number of piperidine rings is 1. The van der Waals surface area contributed by atoms with Crippen LogP contribution in [0.4, 0.5) is 0 Å². The predicted molar refractivity (Wildman–Crippen MR) is 402 cm³/mol. The third-order valence-corrected chi connectivity index (χ3v) is 19.4. The Morgan fingerprint density at radius 3 is 1.51 bits per heavy atom. The number of aliphatic hydroxyl groups excluding tert-OH is 2. The molecule has 2 aromatic rings. The first-order valence-corrected chi connectivity index (χ1v) is 37.8. The number of likely N-dealkylation sites (tertiary alicyclic amines) is 1. The van der Waals surface area contributed by atoms with Crippen LogP contribution in [0.1, 0.15) is 166 Å². The summed E-state index contributed by atoms with van der Waals surface area (Å²) in [5, 5.41) is 35.7. The molecule has 2 heterocycles. The largest absolute Gasteiger partial charge is 0.393 e. The maximum absolute atomic E-state index is 15.6. The minimum Gasteiger partial charge on any atom is -0.393 e. The van der Waals surface area contributed by atoms with Crippen LogP contribution in [-0.2, 0) is 79.8 Å². The Kier molecular flexibility index (Phi) is 36.7. The molecule has 2 fully saturated rings. The lowest BCUT2D eigenvalue weighted by Gasteiger charge is -2.38. The Balaban J connectivity index is 2.04. The fourth-order valence-corrected chi connectivity index (χ4v) is 13.0. The Hall–Kier alpha value is -8.08. The van der Waals surface area contributed by atoms with Crippen molar-refractivity contribution < 1.29 is 77.2 Å². The summed E-state index contributed by atoms with van der Waals surface area (Å²) in [4.78, 5) is 190. The molecule has 0 saturated carbocycles. The molecule has 0 aliphatic carbocycles. The Morgan fingerprint density at radius 1 is 0.538 bits per heavy atom. The maximum atomic E-state index is 15.6. The van der Waals surface area contributed by atoms with Crippen LogP contribution in [0.2, 0.25) is 0 Å². The minimum absolute atomic E-state index is 0.0109. The second-order valence-corrected chi connectivity index (χ2v) is 31.2. The van der Waals surface area contributed by atoms with Crippen LogP contribution in [0, 0.1) is 23.7 Å². The van der Waals surface area contributed by atoms with Gasteiger partial charge in [-0.2, -0.15) is 0 Å². The van der Waals surface area contributed by atoms with Gasteiger partial charge in [-0.1, -0.05) is 129 Å². The molecule has 4 rings (SSSR count). The molecule has 0 radical (unpaired) electrons. The number of aliphatic hydroxyl groups is 2. The van der Waals surface area contributed by atoms with Crippen molar-refractivity contribution in [2.75, 3.05) is 81.2 Å². The van der Waals surface area contributed by atoms with Gasteiger partial charge in [0.05, 0.1) is 44.0 Å². The highest BCUT2D eigenvalue weighted by atomic mass is 16.5. The third kappa shape index (κ3) is 27.6. The molecule has 7 N–H and O–H groups in total. The van der Waals surface area contributed by atoms with E-state index in [4.69, 9.17) is 9.47 Å². The van der Waals surface area contributed by atoms with E-state index in [0.29, 0.717) is 49.9 Å². The van der Waals surface area contributed by atoms with Crippen LogP contribution >= 0.6 is 0 Å². The van der Waals surface area contributed by atoms with E-state index in [2.05, 4.69) is 26.6 Å². The highest BCUT2D eigenvalue weighted by molar-refractivity contribution is 6.00. The number of hydrogen-bond acceptors (Lipinski definition) is 16. The molecule has 2 aliphatic rings. The third-order valence-electron chi connectivity index (χ3n) is 19.4. The van der Waals surface area contributed by atoms with Crippen LogP contribution in [0.25, 0.3) is 0 Å². The zero-order valence-electron chi connectivity index (χ0n) is 66.5. The molecule has 0 spiro atoms. The second kappa shape index (κ2) is 43.1. The summed E-state index contributed by atoms with van der Waals surface area (Å²) in [5.41, 5.74) is 0.353. The monoisotopic (exact) mass is 1490 g/mol. The molecule has 12 atom stereocenters. The number of amides is 12. The number of unbranched alkanes of at least 4 members (excludes halogenated alkanes) is 1. The number of carbonyl (C=O) groups is 12. The van der Waals surface area contributed by atoms with Gasteiger partial charge in [0.25, 0.3) is 0 Å². The minimum atomic E-state index is -1.70. The van der Waals surface area contributed by atoms with E-state index in [9.17, 15) is 29.4 Å². The molecular weight excluding hydrogens is 1360 g/mol. The average Bonchev–Trinajstić information content (AvgIpc) is 0.815. The summed E-state index contributed by atoms with van der Waals surface area (Å²) >= 11 is 0. The highest BCUT2D eigenvalue weighted by Gasteiger charge is 2.44. The maximum Gasteiger partial charge on any atom is 0.248 e. The molecule has 2 saturated heterocycles. The van der Waals surface area contributed by atoms with Gasteiger partial charge in [0.2, 0.25) is 70.9 Å². The van der Waals surface area contributed by atoms with Gasteiger partial charge in [-0.15, -0.1) is 0 Å². The zero-order valence-corrected chi connectivity index (χ0v) is 66.5. The van der Waals surface area contributed by atoms with Crippen molar-refractivity contribution in [2.24, 2.45) is 23.7 Å². The van der Waals surface area contributed by atoms with Crippen LogP contribution in [0.3, 0.4) is 0 Å². The highest BCUT2D eigenvalue weighted by Crippen LogP contribution is 2.23. The van der Waals surface area contributed by atoms with E-state index in [1.165, 1.54) is 56.9 Å². The Morgan fingerprint density at radius 2 is 1.02 bits per heavy atom. The first-order chi connectivity index (χ1) is 49.7. The quantitative estimate of drug-likeness (QED) is 0.0830. The van der Waals surface area contributed by atoms with Gasteiger partial charge in [0.1, 0.15) is 60.4 Å². The van der Waals surface area contributed by atoms with Gasteiger partial charge in [-0.3, -0.25) is 57.5 Å². The summed E-state index contributed by atoms with van der Waals surface area (Å²) in [5.74, 6) is -11.2. The predicted octanol–water partition coefficient (Wildman–Crippen LogP) is 3.46. The van der Waals surface area contributed by atoms with Gasteiger partial charge in [-0.25, -0.2) is 0 Å². The van der Waals surface area contributed by atoms with Gasteiger partial charge < -0.3 is 80.6 Å². The molecule has 0 unspecified atom stereocenters. The molecule has 106 heavy (non-hydrogen) atoms. The number of nitrogens with zero attached hydrogens (tertiary/aromatic N) is 7. The lowest BCUT2D eigenvalue weighted by molar-refractivity contribution is -0.152. The molecule has 28 heteroatoms. The molecule has 594 valence electrons. The number of nitrogens with one attached hydrogen (secondary N) is 5. The molecule has 2 aromatic carbocycles. The zero-order chi connectivity index (χ0) is 79.6. The standard InChI is InChI=1S/C78H126N12O16/c1-20-21-36-90-45-64(94)88(19)67(51(8)9)71(98)81-58(47-106-78(12,13)14)73(100)87(18)62(43-55-33-27-23-28-34-55)75(102)85(16)59(40-48(2)3)68(95)79-56(74(101)89-37-29-24-30-38-89)44-63(93)82-65(50(6)7)76(103)86(17)61(42-54-31-25-22-26-32-54)69(96)80-57(46-105-39-35-52(10)91)72(99)84(15)60(41-49(4)5)70(97)83-66(53(11)92)77(90)104/h22-23,25-28,31-34,48-53,56-62,65-67,91-92H,20-21,24,29-30,35-47H2,1-19H3,(H,79,95)(H,80,96)(H,81,98)(H,82,93)(H,83,97)/t52-,53-,56+,57+,58+,59+,60+,61+,62+,65-,66+,67+/m1/s1. The Labute approximate surface area is 628 Å². The Bertz CT molecular complexity index is 3210. The van der Waals surface area contributed by atoms with Gasteiger partial charge in [0, 0.05) is 74.3 Å². The first-order valence-electron chi connectivity index (χ1n) is 37.8. The molecule has 28 nitrogen and oxygen atoms in total. The fraction of sp³-hybridized carbons (Fsp3) is 0.692. The van der Waals surface area contributed by atoms with Crippen molar-refractivity contribution in [3.63, 3.8) is 0 Å². The average molecular weight is 1490 g/mol. The smallest absolute Gasteiger partial charge is 0.248 e. The number of likely N-dealkylation sites (N-methyl/N-ethyl adjacent to an activating group) is 5. The molecular formula is C78H126N12O16. The lowest BCUT2D eigenvalue weighted by Crippen LogP contribution is -2.63. The first kappa shape index (κ1) is 90.3. The molecule has 0 aromatic heterocycles. The summed E-state index contributed by atoms with van der Waals surface area (Å²) in [6.07, 6.45) is -0.0538. The van der Waals surface area contributed by atoms with Crippen LogP contribution in [-0.4, -0.2) is 275 Å². The number of hydrogen-bond donors (Lipinski definition) is 7. The fourth-order valence-electron chi connectivity index (χ4n) is 13.0. The summed E-state index contributed by atoms with van der Waals surface area (Å²) in [6, 6.07) is 3.15. The summed E-state index contributed by atoms with van der Waals surface area (Å²) in [7, 11) is 6.91. The van der Waals surface area contributed by atoms with Crippen molar-refractivity contribution >= 4 is 70.9 Å². The van der Waals surface area contributed by atoms with E-state index >= 15 is 38.4 Å². The summed E-state index contributed by atoms with van der Waals surface area (Å²) in [6.45, 7) is 23.0. The van der Waals surface area contributed by atoms with Crippen molar-refractivity contribution in [2.45, 2.75) is 246 Å². The van der Waals surface area contributed by atoms with Gasteiger partial charge >= 0.3 is 0 Å². The summed E-state index contributed by atoms with van der Waals surface area (Å²) < 4.78 is 12.2. The molecule has 2 aliphatic heterocycles.